The topological polar surface area (TPSA) is 140 Å². The molecular weight excluding hydrogens is 407 g/mol. The smallest absolute Gasteiger partial charge is 0.225 e. The minimum Gasteiger partial charge on any atom is -0.225 e. The van der Waals surface area contributed by atoms with Gasteiger partial charge in [0.25, 0.3) is 0 Å². The van der Waals surface area contributed by atoms with Crippen molar-refractivity contribution in [2.24, 2.45) is 5.14 Å². The average Bonchev–Trinajstić information content (AvgIpc) is 2.54. The number of nitrogens with one attached hydrogen (secondary N) is 1. The largest absolute Gasteiger partial charge is 0.332 e. The van der Waals surface area contributed by atoms with E-state index >= 15 is 0 Å². The van der Waals surface area contributed by atoms with Gasteiger partial charge in [-0.25, -0.2) is 26.7 Å². The number of hydrogen-bond acceptors (Lipinski definition) is 6. The minimum absolute atomic E-state index is 0.0141. The first-order chi connectivity index (χ1) is 11.9. The second kappa shape index (κ2) is 7.40. The van der Waals surface area contributed by atoms with Crippen LogP contribution in [-0.4, -0.2) is 31.8 Å². The van der Waals surface area contributed by atoms with E-state index in [9.17, 15) is 29.1 Å². The second-order valence-electron chi connectivity index (χ2n) is 5.25. The van der Waals surface area contributed by atoms with Gasteiger partial charge in [0.2, 0.25) is 20.0 Å². The summed E-state index contributed by atoms with van der Waals surface area (Å²) in [5.41, 5.74) is 0.680. The minimum atomic E-state index is -4.90. The van der Waals surface area contributed by atoms with Gasteiger partial charge < -0.3 is 0 Å². The lowest BCUT2D eigenvalue weighted by atomic mass is 10.2. The molecule has 0 amide bonds. The molecule has 0 unspecified atom stereocenters. The highest BCUT2D eigenvalue weighted by Gasteiger charge is 2.17. The van der Waals surface area contributed by atoms with Crippen molar-refractivity contribution in [1.82, 2.24) is 4.72 Å². The van der Waals surface area contributed by atoms with E-state index in [0.717, 1.165) is 24.3 Å². The van der Waals surface area contributed by atoms with Crippen molar-refractivity contribution in [3.05, 3.63) is 54.1 Å². The number of hydrogen-bond donors (Lipinski definition) is 2. The van der Waals surface area contributed by atoms with Gasteiger partial charge in [0, 0.05) is 6.54 Å². The van der Waals surface area contributed by atoms with Crippen LogP contribution in [0.25, 0.3) is 0 Å². The molecule has 0 heterocycles. The third-order valence-electron chi connectivity index (χ3n) is 3.37. The number of primary sulfonamides is 1. The highest BCUT2D eigenvalue weighted by molar-refractivity contribution is 7.89. The molecule has 0 bridgehead atoms. The van der Waals surface area contributed by atoms with Crippen LogP contribution in [0.4, 0.5) is 3.89 Å². The first-order valence-corrected chi connectivity index (χ1v) is 11.5. The Hall–Kier alpha value is -1.86. The molecule has 3 N–H and O–H groups in total. The van der Waals surface area contributed by atoms with Crippen LogP contribution in [0.1, 0.15) is 5.56 Å². The summed E-state index contributed by atoms with van der Waals surface area (Å²) in [5, 5.41) is 4.99. The van der Waals surface area contributed by atoms with Crippen LogP contribution < -0.4 is 9.86 Å². The summed E-state index contributed by atoms with van der Waals surface area (Å²) in [6, 6.07) is 9.33. The fourth-order valence-electron chi connectivity index (χ4n) is 2.04. The van der Waals surface area contributed by atoms with Crippen molar-refractivity contribution in [2.75, 3.05) is 6.54 Å². The number of sulfonamides is 2. The lowest BCUT2D eigenvalue weighted by Crippen LogP contribution is -2.26. The predicted molar refractivity (Wildman–Crippen MR) is 91.4 cm³/mol. The third kappa shape index (κ3) is 5.32. The summed E-state index contributed by atoms with van der Waals surface area (Å²) in [7, 11) is -12.6. The Labute approximate surface area is 151 Å². The fraction of sp³-hybridized carbons (Fsp3) is 0.143. The molecule has 0 radical (unpaired) electrons. The maximum Gasteiger partial charge on any atom is 0.332 e. The SMILES string of the molecule is NS(=O)(=O)c1ccc(CCNS(=O)(=O)c2ccc(S(=O)(=O)F)cc2)cc1. The van der Waals surface area contributed by atoms with Gasteiger partial charge in [-0.1, -0.05) is 12.1 Å². The summed E-state index contributed by atoms with van der Waals surface area (Å²) < 4.78 is 83.1. The van der Waals surface area contributed by atoms with Crippen LogP contribution in [0.15, 0.2) is 63.2 Å². The van der Waals surface area contributed by atoms with E-state index in [2.05, 4.69) is 4.72 Å². The fourth-order valence-corrected chi connectivity index (χ4v) is 4.05. The van der Waals surface area contributed by atoms with E-state index in [-0.39, 0.29) is 22.8 Å². The van der Waals surface area contributed by atoms with E-state index in [4.69, 9.17) is 5.14 Å². The Bertz CT molecular complexity index is 1090. The molecule has 0 atom stereocenters. The third-order valence-corrected chi connectivity index (χ3v) is 6.61. The molecule has 12 heteroatoms. The molecule has 2 aromatic carbocycles. The Balaban J connectivity index is 2.02. The van der Waals surface area contributed by atoms with Crippen LogP contribution >= 0.6 is 0 Å². The van der Waals surface area contributed by atoms with Gasteiger partial charge in [0.05, 0.1) is 14.7 Å². The molecule has 0 saturated heterocycles. The zero-order valence-corrected chi connectivity index (χ0v) is 15.6. The second-order valence-corrected chi connectivity index (χ2v) is 9.92. The molecule has 0 saturated carbocycles. The highest BCUT2D eigenvalue weighted by Crippen LogP contribution is 2.16. The Kier molecular flexibility index (Phi) is 5.82. The Morgan fingerprint density at radius 2 is 1.23 bits per heavy atom. The van der Waals surface area contributed by atoms with Crippen LogP contribution in [0.2, 0.25) is 0 Å². The van der Waals surface area contributed by atoms with Crippen molar-refractivity contribution in [3.63, 3.8) is 0 Å². The van der Waals surface area contributed by atoms with Crippen molar-refractivity contribution in [3.8, 4) is 0 Å². The van der Waals surface area contributed by atoms with E-state index in [0.29, 0.717) is 5.56 Å². The monoisotopic (exact) mass is 422 g/mol. The van der Waals surface area contributed by atoms with E-state index in [1.807, 2.05) is 0 Å². The lowest BCUT2D eigenvalue weighted by Gasteiger charge is -2.07. The van der Waals surface area contributed by atoms with E-state index in [1.54, 1.807) is 0 Å². The van der Waals surface area contributed by atoms with Crippen LogP contribution in [0.3, 0.4) is 0 Å². The first-order valence-electron chi connectivity index (χ1n) is 7.06. The molecular formula is C14H15FN2O6S3. The molecule has 0 fully saturated rings. The summed E-state index contributed by atoms with van der Waals surface area (Å²) in [4.78, 5) is -0.898. The van der Waals surface area contributed by atoms with Crippen molar-refractivity contribution < 1.29 is 29.1 Å². The number of benzene rings is 2. The summed E-state index contributed by atoms with van der Waals surface area (Å²) in [5.74, 6) is 0. The van der Waals surface area contributed by atoms with Crippen LogP contribution in [0, 0.1) is 0 Å². The maximum atomic E-state index is 12.8. The molecule has 142 valence electrons. The molecule has 26 heavy (non-hydrogen) atoms. The Morgan fingerprint density at radius 1 is 0.769 bits per heavy atom. The van der Waals surface area contributed by atoms with Crippen LogP contribution in [-0.2, 0) is 36.7 Å². The molecule has 8 nitrogen and oxygen atoms in total. The number of rotatable bonds is 7. The van der Waals surface area contributed by atoms with Crippen molar-refractivity contribution in [1.29, 1.82) is 0 Å². The van der Waals surface area contributed by atoms with Gasteiger partial charge in [-0.3, -0.25) is 0 Å². The molecule has 0 aliphatic carbocycles. The maximum absolute atomic E-state index is 12.8. The predicted octanol–water partition coefficient (Wildman–Crippen LogP) is 0.513. The summed E-state index contributed by atoms with van der Waals surface area (Å²) >= 11 is 0. The van der Waals surface area contributed by atoms with Gasteiger partial charge in [-0.05, 0) is 48.4 Å². The van der Waals surface area contributed by atoms with Gasteiger partial charge >= 0.3 is 10.2 Å². The molecule has 2 rings (SSSR count). The van der Waals surface area contributed by atoms with E-state index in [1.165, 1.54) is 24.3 Å². The summed E-state index contributed by atoms with van der Waals surface area (Å²) in [6.07, 6.45) is 0.279. The van der Waals surface area contributed by atoms with Crippen molar-refractivity contribution >= 4 is 30.3 Å². The normalized spacial score (nSPS) is 12.8. The quantitative estimate of drug-likeness (QED) is 0.623. The average molecular weight is 422 g/mol. The molecule has 0 spiro atoms. The Morgan fingerprint density at radius 3 is 1.69 bits per heavy atom. The zero-order chi connectivity index (χ0) is 19.6. The van der Waals surface area contributed by atoms with Crippen LogP contribution in [0.5, 0.6) is 0 Å². The van der Waals surface area contributed by atoms with Crippen molar-refractivity contribution in [2.45, 2.75) is 21.1 Å². The zero-order valence-electron chi connectivity index (χ0n) is 13.2. The van der Waals surface area contributed by atoms with Gasteiger partial charge in [-0.15, -0.1) is 3.89 Å². The number of nitrogens with two attached hydrogens (primary N) is 1. The molecule has 0 aliphatic heterocycles. The van der Waals surface area contributed by atoms with E-state index < -0.39 is 35.2 Å². The standard InChI is InChI=1S/C14H15FN2O6S3/c15-24(18,19)12-5-7-14(8-6-12)26(22,23)17-10-9-11-1-3-13(4-2-11)25(16,20)21/h1-8,17H,9-10H2,(H2,16,20,21). The highest BCUT2D eigenvalue weighted by atomic mass is 32.3. The number of halogens is 1. The van der Waals surface area contributed by atoms with Gasteiger partial charge in [-0.2, -0.15) is 8.42 Å². The van der Waals surface area contributed by atoms with Gasteiger partial charge in [0.15, 0.2) is 0 Å². The lowest BCUT2D eigenvalue weighted by molar-refractivity contribution is 0.551. The van der Waals surface area contributed by atoms with Gasteiger partial charge in [0.1, 0.15) is 0 Å². The summed E-state index contributed by atoms with van der Waals surface area (Å²) in [6.45, 7) is 0.0141. The molecule has 0 aliphatic rings. The molecule has 0 aromatic heterocycles. The molecule has 2 aromatic rings. The first kappa shape index (κ1) is 20.5.